The summed E-state index contributed by atoms with van der Waals surface area (Å²) < 4.78 is 1.59. The number of benzene rings is 1. The molecule has 3 atom stereocenters. The Bertz CT molecular complexity index is 1630. The number of nitrogens with two attached hydrogens (primary N) is 1. The zero-order valence-electron chi connectivity index (χ0n) is 21.1. The lowest BCUT2D eigenvalue weighted by Crippen LogP contribution is -2.46. The minimum Gasteiger partial charge on any atom is -0.391 e. The third-order valence-corrected chi connectivity index (χ3v) is 8.09. The lowest BCUT2D eigenvalue weighted by Gasteiger charge is -2.38. The number of aromatic amines is 1. The van der Waals surface area contributed by atoms with Crippen molar-refractivity contribution >= 4 is 17.4 Å². The predicted molar refractivity (Wildman–Crippen MR) is 143 cm³/mol. The SMILES string of the molecule is Nc1c(CO)c([C@@H]2C[C@H]3CC[C@@H](C2)N3C(=O)c2nnc[nH]2)nc2c(-c3ccc(-c4ccccc4)nc3)cnn12. The van der Waals surface area contributed by atoms with E-state index in [4.69, 9.17) is 10.7 Å². The molecule has 196 valence electrons. The zero-order chi connectivity index (χ0) is 26.5. The molecule has 2 saturated heterocycles. The van der Waals surface area contributed by atoms with E-state index in [2.05, 4.69) is 25.3 Å². The Morgan fingerprint density at radius 2 is 1.85 bits per heavy atom. The highest BCUT2D eigenvalue weighted by molar-refractivity contribution is 5.91. The van der Waals surface area contributed by atoms with Gasteiger partial charge < -0.3 is 20.7 Å². The minimum atomic E-state index is -0.237. The molecule has 1 aromatic carbocycles. The van der Waals surface area contributed by atoms with Gasteiger partial charge in [0.25, 0.3) is 5.91 Å². The van der Waals surface area contributed by atoms with Crippen LogP contribution in [-0.2, 0) is 6.61 Å². The Balaban J connectivity index is 1.24. The maximum atomic E-state index is 13.1. The van der Waals surface area contributed by atoms with Gasteiger partial charge in [0.05, 0.1) is 24.2 Å². The number of aromatic nitrogens is 7. The fourth-order valence-electron chi connectivity index (χ4n) is 6.27. The van der Waals surface area contributed by atoms with E-state index in [1.54, 1.807) is 10.7 Å². The second-order valence-corrected chi connectivity index (χ2v) is 10.2. The maximum Gasteiger partial charge on any atom is 0.292 e. The average Bonchev–Trinajstić information content (AvgIpc) is 3.72. The first-order valence-electron chi connectivity index (χ1n) is 13.1. The first-order valence-corrected chi connectivity index (χ1v) is 13.1. The summed E-state index contributed by atoms with van der Waals surface area (Å²) in [6, 6.07) is 14.1. The summed E-state index contributed by atoms with van der Waals surface area (Å²) in [6.45, 7) is -0.237. The van der Waals surface area contributed by atoms with E-state index in [9.17, 15) is 9.90 Å². The topological polar surface area (TPSA) is 151 Å². The third kappa shape index (κ3) is 3.85. The molecule has 11 nitrogen and oxygen atoms in total. The van der Waals surface area contributed by atoms with Gasteiger partial charge in [-0.2, -0.15) is 9.61 Å². The number of pyridine rings is 1. The molecule has 2 fully saturated rings. The number of fused-ring (bicyclic) bond motifs is 3. The summed E-state index contributed by atoms with van der Waals surface area (Å²) in [5, 5.41) is 22.5. The first-order chi connectivity index (χ1) is 19.1. The fourth-order valence-corrected chi connectivity index (χ4v) is 6.27. The first kappa shape index (κ1) is 23.5. The number of nitrogens with zero attached hydrogens (tertiary/aromatic N) is 7. The zero-order valence-corrected chi connectivity index (χ0v) is 21.1. The van der Waals surface area contributed by atoms with Crippen LogP contribution in [-0.4, -0.2) is 62.8 Å². The van der Waals surface area contributed by atoms with E-state index in [-0.39, 0.29) is 36.3 Å². The van der Waals surface area contributed by atoms with Crippen molar-refractivity contribution in [2.24, 2.45) is 0 Å². The van der Waals surface area contributed by atoms with Gasteiger partial charge in [0.2, 0.25) is 5.82 Å². The number of carbonyl (C=O) groups excluding carboxylic acids is 1. The van der Waals surface area contributed by atoms with Crippen molar-refractivity contribution in [1.29, 1.82) is 0 Å². The maximum absolute atomic E-state index is 13.1. The molecule has 4 aromatic heterocycles. The molecule has 4 N–H and O–H groups in total. The Labute approximate surface area is 223 Å². The fraction of sp³-hybridized carbons (Fsp3) is 0.286. The molecule has 11 heteroatoms. The summed E-state index contributed by atoms with van der Waals surface area (Å²) in [7, 11) is 0. The number of aliphatic hydroxyl groups is 1. The number of piperidine rings is 1. The van der Waals surface area contributed by atoms with Crippen LogP contribution in [0.3, 0.4) is 0 Å². The van der Waals surface area contributed by atoms with Crippen molar-refractivity contribution in [3.63, 3.8) is 0 Å². The minimum absolute atomic E-state index is 0.0528. The molecule has 7 rings (SSSR count). The number of carbonyl (C=O) groups is 1. The smallest absolute Gasteiger partial charge is 0.292 e. The quantitative estimate of drug-likeness (QED) is 0.319. The van der Waals surface area contributed by atoms with E-state index in [1.807, 2.05) is 53.6 Å². The summed E-state index contributed by atoms with van der Waals surface area (Å²) >= 11 is 0. The number of hydrogen-bond donors (Lipinski definition) is 3. The van der Waals surface area contributed by atoms with Crippen LogP contribution in [0, 0.1) is 0 Å². The van der Waals surface area contributed by atoms with Crippen molar-refractivity contribution < 1.29 is 9.90 Å². The lowest BCUT2D eigenvalue weighted by atomic mass is 9.86. The van der Waals surface area contributed by atoms with Gasteiger partial charge in [0.1, 0.15) is 12.1 Å². The number of rotatable bonds is 5. The van der Waals surface area contributed by atoms with Gasteiger partial charge in [-0.05, 0) is 31.7 Å². The van der Waals surface area contributed by atoms with E-state index >= 15 is 0 Å². The summed E-state index contributed by atoms with van der Waals surface area (Å²) in [6.07, 6.45) is 8.31. The van der Waals surface area contributed by atoms with Crippen LogP contribution < -0.4 is 5.73 Å². The molecule has 2 aliphatic heterocycles. The number of nitrogens with one attached hydrogen (secondary N) is 1. The lowest BCUT2D eigenvalue weighted by molar-refractivity contribution is 0.0556. The van der Waals surface area contributed by atoms with Gasteiger partial charge in [0, 0.05) is 46.5 Å². The van der Waals surface area contributed by atoms with E-state index < -0.39 is 0 Å². The van der Waals surface area contributed by atoms with Gasteiger partial charge in [0.15, 0.2) is 5.65 Å². The molecule has 5 aromatic rings. The molecule has 2 bridgehead atoms. The Hall–Kier alpha value is -4.64. The molecular weight excluding hydrogens is 494 g/mol. The van der Waals surface area contributed by atoms with Crippen molar-refractivity contribution in [3.05, 3.63) is 78.3 Å². The second kappa shape index (κ2) is 9.28. The average molecular weight is 522 g/mol. The third-order valence-electron chi connectivity index (χ3n) is 8.09. The number of anilines is 1. The highest BCUT2D eigenvalue weighted by atomic mass is 16.3. The van der Waals surface area contributed by atoms with Gasteiger partial charge in [-0.1, -0.05) is 36.4 Å². The monoisotopic (exact) mass is 521 g/mol. The Morgan fingerprint density at radius 1 is 1.05 bits per heavy atom. The molecule has 0 saturated carbocycles. The molecule has 0 aliphatic carbocycles. The van der Waals surface area contributed by atoms with Gasteiger partial charge in [-0.3, -0.25) is 9.78 Å². The van der Waals surface area contributed by atoms with Crippen molar-refractivity contribution in [1.82, 2.24) is 39.7 Å². The molecule has 1 amide bonds. The summed E-state index contributed by atoms with van der Waals surface area (Å²) in [5.74, 6) is 0.580. The van der Waals surface area contributed by atoms with Crippen LogP contribution in [0.5, 0.6) is 0 Å². The Morgan fingerprint density at radius 3 is 2.51 bits per heavy atom. The molecule has 39 heavy (non-hydrogen) atoms. The number of amides is 1. The molecule has 6 heterocycles. The number of H-pyrrole nitrogens is 1. The molecule has 0 spiro atoms. The van der Waals surface area contributed by atoms with E-state index in [1.165, 1.54) is 6.33 Å². The van der Waals surface area contributed by atoms with Crippen molar-refractivity contribution in [3.8, 4) is 22.4 Å². The predicted octanol–water partition coefficient (Wildman–Crippen LogP) is 3.20. The largest absolute Gasteiger partial charge is 0.391 e. The van der Waals surface area contributed by atoms with E-state index in [0.717, 1.165) is 53.8 Å². The molecule has 0 unspecified atom stereocenters. The van der Waals surface area contributed by atoms with Crippen LogP contribution in [0.2, 0.25) is 0 Å². The molecular formula is C28H27N9O2. The highest BCUT2D eigenvalue weighted by Gasteiger charge is 2.45. The molecule has 0 radical (unpaired) electrons. The van der Waals surface area contributed by atoms with Gasteiger partial charge >= 0.3 is 0 Å². The summed E-state index contributed by atoms with van der Waals surface area (Å²) in [4.78, 5) is 27.6. The Kier molecular flexibility index (Phi) is 5.58. The van der Waals surface area contributed by atoms with Crippen molar-refractivity contribution in [2.75, 3.05) is 5.73 Å². The number of nitrogen functional groups attached to an aromatic ring is 1. The summed E-state index contributed by atoms with van der Waals surface area (Å²) in [5.41, 5.74) is 12.2. The molecule has 2 aliphatic rings. The van der Waals surface area contributed by atoms with Crippen LogP contribution in [0.1, 0.15) is 53.5 Å². The van der Waals surface area contributed by atoms with Crippen LogP contribution >= 0.6 is 0 Å². The number of aliphatic hydroxyl groups excluding tert-OH is 1. The van der Waals surface area contributed by atoms with Crippen LogP contribution in [0.4, 0.5) is 5.82 Å². The highest BCUT2D eigenvalue weighted by Crippen LogP contribution is 2.45. The van der Waals surface area contributed by atoms with Crippen molar-refractivity contribution in [2.45, 2.75) is 50.3 Å². The standard InChI is InChI=1S/C28H27N9O2/c29-25-22(14-38)24(18-10-19-7-8-20(11-18)36(19)28(39)26-31-15-32-35-26)34-27-21(13-33-37(25)27)17-6-9-23(30-12-17)16-4-2-1-3-5-16/h1-6,9,12-13,15,18-20,38H,7-8,10-11,14,29H2,(H,31,32,35)/t18-,19-,20+. The van der Waals surface area contributed by atoms with Gasteiger partial charge in [-0.15, -0.1) is 10.2 Å². The van der Waals surface area contributed by atoms with Crippen LogP contribution in [0.15, 0.2) is 61.2 Å². The van der Waals surface area contributed by atoms with Gasteiger partial charge in [-0.25, -0.2) is 4.98 Å². The van der Waals surface area contributed by atoms with Crippen LogP contribution in [0.25, 0.3) is 28.0 Å². The second-order valence-electron chi connectivity index (χ2n) is 10.2. The van der Waals surface area contributed by atoms with E-state index in [0.29, 0.717) is 17.0 Å². The number of hydrogen-bond acceptors (Lipinski definition) is 8. The normalized spacial score (nSPS) is 20.5.